The molecule has 3 heteroatoms. The Labute approximate surface area is 120 Å². The molecule has 0 radical (unpaired) electrons. The number of rotatable bonds is 4. The molecule has 1 saturated heterocycles. The molecule has 110 valence electrons. The first-order valence-electron chi connectivity index (χ1n) is 7.75. The lowest BCUT2D eigenvalue weighted by atomic mass is 9.81. The van der Waals surface area contributed by atoms with E-state index in [-0.39, 0.29) is 12.2 Å². The largest absolute Gasteiger partial charge is 0.390 e. The maximum absolute atomic E-state index is 10.2. The van der Waals surface area contributed by atoms with Gasteiger partial charge in [-0.25, -0.2) is 0 Å². The summed E-state index contributed by atoms with van der Waals surface area (Å²) in [5.41, 5.74) is 1.37. The molecule has 0 amide bonds. The molecule has 0 spiro atoms. The molecule has 1 saturated carbocycles. The minimum absolute atomic E-state index is 0.0189. The molecule has 3 nitrogen and oxygen atoms in total. The van der Waals surface area contributed by atoms with Crippen molar-refractivity contribution in [2.75, 3.05) is 19.8 Å². The fraction of sp³-hybridized carbons (Fsp3) is 0.647. The Bertz CT molecular complexity index is 400. The molecule has 2 fully saturated rings. The van der Waals surface area contributed by atoms with Gasteiger partial charge in [0.2, 0.25) is 0 Å². The lowest BCUT2D eigenvalue weighted by Gasteiger charge is -2.34. The Morgan fingerprint density at radius 3 is 2.75 bits per heavy atom. The summed E-state index contributed by atoms with van der Waals surface area (Å²) in [6.45, 7) is 2.39. The molecule has 1 aliphatic carbocycles. The highest BCUT2D eigenvalue weighted by atomic mass is 16.5. The summed E-state index contributed by atoms with van der Waals surface area (Å²) < 4.78 is 11.4. The average Bonchev–Trinajstić information content (AvgIpc) is 3.01. The van der Waals surface area contributed by atoms with Crippen molar-refractivity contribution >= 4 is 0 Å². The second-order valence-corrected chi connectivity index (χ2v) is 6.09. The van der Waals surface area contributed by atoms with Gasteiger partial charge in [0.15, 0.2) is 0 Å². The molecular weight excluding hydrogens is 252 g/mol. The third-order valence-electron chi connectivity index (χ3n) is 4.60. The second kappa shape index (κ2) is 6.70. The smallest absolute Gasteiger partial charge is 0.0839 e. The highest BCUT2D eigenvalue weighted by Crippen LogP contribution is 2.34. The van der Waals surface area contributed by atoms with Gasteiger partial charge >= 0.3 is 0 Å². The molecule has 20 heavy (non-hydrogen) atoms. The van der Waals surface area contributed by atoms with Gasteiger partial charge in [-0.2, -0.15) is 0 Å². The van der Waals surface area contributed by atoms with Crippen LogP contribution < -0.4 is 0 Å². The summed E-state index contributed by atoms with van der Waals surface area (Å²) in [7, 11) is 0. The van der Waals surface area contributed by atoms with Crippen LogP contribution in [-0.4, -0.2) is 37.1 Å². The van der Waals surface area contributed by atoms with E-state index in [9.17, 15) is 5.11 Å². The van der Waals surface area contributed by atoms with Crippen LogP contribution in [0.1, 0.15) is 37.2 Å². The standard InChI is InChI=1S/C17H24O3/c18-16-7-6-15(14-4-2-1-3-5-14)10-17(16)20-12-13-8-9-19-11-13/h1-5,13,15-18H,6-12H2. The Balaban J connectivity index is 1.55. The Morgan fingerprint density at radius 2 is 2.00 bits per heavy atom. The van der Waals surface area contributed by atoms with Crippen molar-refractivity contribution in [2.45, 2.75) is 43.8 Å². The van der Waals surface area contributed by atoms with Gasteiger partial charge in [-0.1, -0.05) is 30.3 Å². The van der Waals surface area contributed by atoms with E-state index in [0.29, 0.717) is 11.8 Å². The van der Waals surface area contributed by atoms with E-state index in [1.54, 1.807) is 0 Å². The Morgan fingerprint density at radius 1 is 1.15 bits per heavy atom. The van der Waals surface area contributed by atoms with E-state index < -0.39 is 0 Å². The van der Waals surface area contributed by atoms with Crippen LogP contribution in [0.15, 0.2) is 30.3 Å². The first kappa shape index (κ1) is 14.1. The SMILES string of the molecule is OC1CCC(c2ccccc2)CC1OCC1CCOC1. The van der Waals surface area contributed by atoms with Gasteiger partial charge in [-0.3, -0.25) is 0 Å². The van der Waals surface area contributed by atoms with E-state index in [1.807, 2.05) is 0 Å². The molecule has 1 aromatic rings. The fourth-order valence-electron chi connectivity index (χ4n) is 3.29. The predicted octanol–water partition coefficient (Wildman–Crippen LogP) is 2.74. The third kappa shape index (κ3) is 3.40. The molecule has 1 aliphatic heterocycles. The van der Waals surface area contributed by atoms with Gasteiger partial charge in [-0.05, 0) is 37.2 Å². The summed E-state index contributed by atoms with van der Waals surface area (Å²) in [6.07, 6.45) is 3.58. The molecule has 4 unspecified atom stereocenters. The third-order valence-corrected chi connectivity index (χ3v) is 4.60. The Kier molecular flexibility index (Phi) is 4.71. The predicted molar refractivity (Wildman–Crippen MR) is 77.7 cm³/mol. The summed E-state index contributed by atoms with van der Waals surface area (Å²) in [5, 5.41) is 10.2. The first-order chi connectivity index (χ1) is 9.83. The quantitative estimate of drug-likeness (QED) is 0.919. The normalized spacial score (nSPS) is 34.2. The summed E-state index contributed by atoms with van der Waals surface area (Å²) in [5.74, 6) is 1.03. The lowest BCUT2D eigenvalue weighted by molar-refractivity contribution is -0.0736. The van der Waals surface area contributed by atoms with Gasteiger partial charge in [0.05, 0.1) is 25.4 Å². The van der Waals surface area contributed by atoms with E-state index in [4.69, 9.17) is 9.47 Å². The maximum Gasteiger partial charge on any atom is 0.0839 e. The molecule has 2 aliphatic rings. The van der Waals surface area contributed by atoms with Crippen molar-refractivity contribution in [2.24, 2.45) is 5.92 Å². The molecular formula is C17H24O3. The van der Waals surface area contributed by atoms with Gasteiger partial charge in [0.1, 0.15) is 0 Å². The van der Waals surface area contributed by atoms with Crippen molar-refractivity contribution in [1.29, 1.82) is 0 Å². The minimum Gasteiger partial charge on any atom is -0.390 e. The van der Waals surface area contributed by atoms with Crippen molar-refractivity contribution in [3.63, 3.8) is 0 Å². The van der Waals surface area contributed by atoms with Crippen molar-refractivity contribution < 1.29 is 14.6 Å². The highest BCUT2D eigenvalue weighted by molar-refractivity contribution is 5.20. The van der Waals surface area contributed by atoms with Gasteiger partial charge < -0.3 is 14.6 Å². The van der Waals surface area contributed by atoms with Crippen LogP contribution in [0.5, 0.6) is 0 Å². The fourth-order valence-corrected chi connectivity index (χ4v) is 3.29. The monoisotopic (exact) mass is 276 g/mol. The van der Waals surface area contributed by atoms with Crippen LogP contribution in [0, 0.1) is 5.92 Å². The van der Waals surface area contributed by atoms with Gasteiger partial charge in [0, 0.05) is 12.5 Å². The van der Waals surface area contributed by atoms with Crippen molar-refractivity contribution in [1.82, 2.24) is 0 Å². The van der Waals surface area contributed by atoms with Crippen molar-refractivity contribution in [3.8, 4) is 0 Å². The van der Waals surface area contributed by atoms with Crippen LogP contribution in [0.4, 0.5) is 0 Å². The van der Waals surface area contributed by atoms with Crippen molar-refractivity contribution in [3.05, 3.63) is 35.9 Å². The maximum atomic E-state index is 10.2. The van der Waals surface area contributed by atoms with Gasteiger partial charge in [-0.15, -0.1) is 0 Å². The topological polar surface area (TPSA) is 38.7 Å². The molecule has 3 rings (SSSR count). The van der Waals surface area contributed by atoms with Crippen LogP contribution in [0.25, 0.3) is 0 Å². The number of benzene rings is 1. The minimum atomic E-state index is -0.308. The highest BCUT2D eigenvalue weighted by Gasteiger charge is 2.31. The van der Waals surface area contributed by atoms with E-state index in [2.05, 4.69) is 30.3 Å². The number of aliphatic hydroxyl groups is 1. The van der Waals surface area contributed by atoms with Crippen LogP contribution in [0.3, 0.4) is 0 Å². The molecule has 1 N–H and O–H groups in total. The van der Waals surface area contributed by atoms with E-state index in [1.165, 1.54) is 5.56 Å². The summed E-state index contributed by atoms with van der Waals surface area (Å²) in [6, 6.07) is 10.6. The number of hydrogen-bond acceptors (Lipinski definition) is 3. The zero-order chi connectivity index (χ0) is 13.8. The Hall–Kier alpha value is -0.900. The van der Waals surface area contributed by atoms with Crippen LogP contribution in [-0.2, 0) is 9.47 Å². The van der Waals surface area contributed by atoms with E-state index >= 15 is 0 Å². The van der Waals surface area contributed by atoms with E-state index in [0.717, 1.165) is 45.5 Å². The summed E-state index contributed by atoms with van der Waals surface area (Å²) >= 11 is 0. The molecule has 0 aromatic heterocycles. The molecule has 1 aromatic carbocycles. The molecule has 1 heterocycles. The number of hydrogen-bond donors (Lipinski definition) is 1. The number of aliphatic hydroxyl groups excluding tert-OH is 1. The van der Waals surface area contributed by atoms with Gasteiger partial charge in [0.25, 0.3) is 0 Å². The lowest BCUT2D eigenvalue weighted by Crippen LogP contribution is -2.36. The summed E-state index contributed by atoms with van der Waals surface area (Å²) in [4.78, 5) is 0. The molecule has 4 atom stereocenters. The second-order valence-electron chi connectivity index (χ2n) is 6.09. The first-order valence-corrected chi connectivity index (χ1v) is 7.75. The molecule has 0 bridgehead atoms. The zero-order valence-electron chi connectivity index (χ0n) is 11.9. The van der Waals surface area contributed by atoms with Crippen LogP contribution >= 0.6 is 0 Å². The average molecular weight is 276 g/mol. The number of ether oxygens (including phenoxy) is 2. The zero-order valence-corrected chi connectivity index (χ0v) is 11.9. The van der Waals surface area contributed by atoms with Crippen LogP contribution in [0.2, 0.25) is 0 Å².